The third kappa shape index (κ3) is 3.26. The summed E-state index contributed by atoms with van der Waals surface area (Å²) in [7, 11) is 0. The van der Waals surface area contributed by atoms with Crippen molar-refractivity contribution in [3.05, 3.63) is 29.8 Å². The van der Waals surface area contributed by atoms with Crippen LogP contribution in [0.1, 0.15) is 38.7 Å². The number of carbonyl (C=O) groups excluding carboxylic acids is 1. The lowest BCUT2D eigenvalue weighted by molar-refractivity contribution is -0.131. The second-order valence-corrected chi connectivity index (χ2v) is 5.74. The molecule has 1 aromatic rings. The molecule has 0 bridgehead atoms. The van der Waals surface area contributed by atoms with Crippen LogP contribution in [0.5, 0.6) is 0 Å². The van der Waals surface area contributed by atoms with E-state index in [4.69, 9.17) is 5.73 Å². The number of hydrogen-bond donors (Lipinski definition) is 2. The minimum absolute atomic E-state index is 0.0409. The van der Waals surface area contributed by atoms with Crippen LogP contribution in [0.4, 0.5) is 5.69 Å². The lowest BCUT2D eigenvalue weighted by atomic mass is 9.84. The van der Waals surface area contributed by atoms with E-state index in [1.54, 1.807) is 0 Å². The largest absolute Gasteiger partial charge is 0.399 e. The summed E-state index contributed by atoms with van der Waals surface area (Å²) in [6.07, 6.45) is 3.57. The Hall–Kier alpha value is -1.55. The van der Waals surface area contributed by atoms with Gasteiger partial charge in [-0.05, 0) is 44.4 Å². The number of benzene rings is 1. The molecule has 1 aliphatic rings. The molecule has 1 aromatic carbocycles. The Balaban J connectivity index is 2.05. The van der Waals surface area contributed by atoms with E-state index in [2.05, 4.69) is 5.43 Å². The van der Waals surface area contributed by atoms with Gasteiger partial charge in [0.2, 0.25) is 5.91 Å². The van der Waals surface area contributed by atoms with Gasteiger partial charge in [0.05, 0.1) is 5.41 Å². The average molecular weight is 261 g/mol. The van der Waals surface area contributed by atoms with Gasteiger partial charge in [0.1, 0.15) is 0 Å². The van der Waals surface area contributed by atoms with Crippen molar-refractivity contribution >= 4 is 11.6 Å². The van der Waals surface area contributed by atoms with Crippen LogP contribution in [-0.2, 0) is 10.2 Å². The number of anilines is 1. The van der Waals surface area contributed by atoms with Crippen LogP contribution in [-0.4, -0.2) is 24.0 Å². The first kappa shape index (κ1) is 13.9. The Morgan fingerprint density at radius 2 is 1.74 bits per heavy atom. The smallest absolute Gasteiger partial charge is 0.244 e. The summed E-state index contributed by atoms with van der Waals surface area (Å²) in [6, 6.07) is 7.52. The van der Waals surface area contributed by atoms with Gasteiger partial charge in [-0.15, -0.1) is 0 Å². The maximum atomic E-state index is 12.4. The molecule has 1 heterocycles. The van der Waals surface area contributed by atoms with E-state index >= 15 is 0 Å². The maximum absolute atomic E-state index is 12.4. The minimum Gasteiger partial charge on any atom is -0.399 e. The lowest BCUT2D eigenvalue weighted by Crippen LogP contribution is -2.51. The van der Waals surface area contributed by atoms with Crippen molar-refractivity contribution in [3.8, 4) is 0 Å². The summed E-state index contributed by atoms with van der Waals surface area (Å²) in [5.74, 6) is 0.0409. The molecule has 0 spiro atoms. The third-order valence-corrected chi connectivity index (χ3v) is 3.82. The Labute approximate surface area is 114 Å². The van der Waals surface area contributed by atoms with Gasteiger partial charge in [0.15, 0.2) is 0 Å². The summed E-state index contributed by atoms with van der Waals surface area (Å²) >= 11 is 0. The topological polar surface area (TPSA) is 58.4 Å². The van der Waals surface area contributed by atoms with E-state index in [1.807, 2.05) is 43.1 Å². The summed E-state index contributed by atoms with van der Waals surface area (Å²) < 4.78 is 0. The van der Waals surface area contributed by atoms with Gasteiger partial charge in [0, 0.05) is 18.8 Å². The number of hydrogen-bond acceptors (Lipinski definition) is 3. The molecule has 2 rings (SSSR count). The molecule has 19 heavy (non-hydrogen) atoms. The molecule has 0 radical (unpaired) electrons. The summed E-state index contributed by atoms with van der Waals surface area (Å²) in [5.41, 5.74) is 9.87. The minimum atomic E-state index is -0.550. The number of carbonyl (C=O) groups is 1. The molecule has 0 unspecified atom stereocenters. The molecule has 4 heteroatoms. The highest BCUT2D eigenvalue weighted by atomic mass is 16.2. The molecule has 1 saturated heterocycles. The molecule has 4 nitrogen and oxygen atoms in total. The molecule has 0 aliphatic carbocycles. The molecular weight excluding hydrogens is 238 g/mol. The zero-order chi connectivity index (χ0) is 13.9. The van der Waals surface area contributed by atoms with Gasteiger partial charge in [-0.25, -0.2) is 5.01 Å². The first-order valence-corrected chi connectivity index (χ1v) is 6.92. The molecular formula is C15H23N3O. The predicted molar refractivity (Wildman–Crippen MR) is 77.4 cm³/mol. The molecule has 0 atom stereocenters. The number of nitrogen functional groups attached to an aromatic ring is 1. The number of nitrogens with two attached hydrogens (primary N) is 1. The first-order chi connectivity index (χ1) is 9.00. The standard InChI is InChI=1S/C15H23N3O/c1-15(2,12-6-8-13(16)9-7-12)14(19)17-18-10-4-3-5-11-18/h6-9H,3-5,10-11,16H2,1-2H3,(H,17,19). The van der Waals surface area contributed by atoms with Gasteiger partial charge in [0.25, 0.3) is 0 Å². The SMILES string of the molecule is CC(C)(C(=O)NN1CCCCC1)c1ccc(N)cc1. The van der Waals surface area contributed by atoms with E-state index in [-0.39, 0.29) is 5.91 Å². The van der Waals surface area contributed by atoms with E-state index in [0.29, 0.717) is 0 Å². The van der Waals surface area contributed by atoms with Gasteiger partial charge in [-0.2, -0.15) is 0 Å². The molecule has 1 amide bonds. The number of piperidine rings is 1. The van der Waals surface area contributed by atoms with Crippen LogP contribution < -0.4 is 11.2 Å². The molecule has 3 N–H and O–H groups in total. The van der Waals surface area contributed by atoms with Crippen molar-refractivity contribution in [2.75, 3.05) is 18.8 Å². The molecule has 1 aliphatic heterocycles. The number of rotatable bonds is 3. The number of nitrogens with zero attached hydrogens (tertiary/aromatic N) is 1. The van der Waals surface area contributed by atoms with Crippen LogP contribution in [0.25, 0.3) is 0 Å². The van der Waals surface area contributed by atoms with Gasteiger partial charge in [-0.1, -0.05) is 18.6 Å². The summed E-state index contributed by atoms with van der Waals surface area (Å²) in [6.45, 7) is 5.78. The fourth-order valence-electron chi connectivity index (χ4n) is 2.32. The number of amides is 1. The fourth-order valence-corrected chi connectivity index (χ4v) is 2.32. The van der Waals surface area contributed by atoms with Gasteiger partial charge >= 0.3 is 0 Å². The normalized spacial score (nSPS) is 17.2. The van der Waals surface area contributed by atoms with E-state index in [0.717, 1.165) is 37.2 Å². The molecule has 104 valence electrons. The van der Waals surface area contributed by atoms with E-state index in [9.17, 15) is 4.79 Å². The van der Waals surface area contributed by atoms with Crippen molar-refractivity contribution in [1.29, 1.82) is 0 Å². The summed E-state index contributed by atoms with van der Waals surface area (Å²) in [5, 5.41) is 2.03. The Morgan fingerprint density at radius 1 is 1.16 bits per heavy atom. The highest BCUT2D eigenvalue weighted by Crippen LogP contribution is 2.24. The van der Waals surface area contributed by atoms with E-state index in [1.165, 1.54) is 6.42 Å². The molecule has 0 aromatic heterocycles. The van der Waals surface area contributed by atoms with Gasteiger partial charge < -0.3 is 5.73 Å². The van der Waals surface area contributed by atoms with Crippen molar-refractivity contribution in [1.82, 2.24) is 10.4 Å². The van der Waals surface area contributed by atoms with Crippen molar-refractivity contribution in [2.45, 2.75) is 38.5 Å². The fraction of sp³-hybridized carbons (Fsp3) is 0.533. The lowest BCUT2D eigenvalue weighted by Gasteiger charge is -2.32. The van der Waals surface area contributed by atoms with Gasteiger partial charge in [-0.3, -0.25) is 10.2 Å². The van der Waals surface area contributed by atoms with Crippen LogP contribution in [0.15, 0.2) is 24.3 Å². The third-order valence-electron chi connectivity index (χ3n) is 3.82. The quantitative estimate of drug-likeness (QED) is 0.819. The Kier molecular flexibility index (Phi) is 4.10. The van der Waals surface area contributed by atoms with Crippen molar-refractivity contribution in [3.63, 3.8) is 0 Å². The molecule has 0 saturated carbocycles. The second kappa shape index (κ2) is 5.61. The van der Waals surface area contributed by atoms with Crippen molar-refractivity contribution in [2.24, 2.45) is 0 Å². The summed E-state index contributed by atoms with van der Waals surface area (Å²) in [4.78, 5) is 12.4. The monoisotopic (exact) mass is 261 g/mol. The van der Waals surface area contributed by atoms with Crippen LogP contribution in [0.3, 0.4) is 0 Å². The average Bonchev–Trinajstić information content (AvgIpc) is 2.40. The number of hydrazine groups is 1. The zero-order valence-corrected chi connectivity index (χ0v) is 11.8. The Bertz CT molecular complexity index is 433. The number of nitrogens with one attached hydrogen (secondary N) is 1. The van der Waals surface area contributed by atoms with Crippen molar-refractivity contribution < 1.29 is 4.79 Å². The maximum Gasteiger partial charge on any atom is 0.244 e. The highest BCUT2D eigenvalue weighted by Gasteiger charge is 2.31. The van der Waals surface area contributed by atoms with Crippen LogP contribution in [0.2, 0.25) is 0 Å². The van der Waals surface area contributed by atoms with E-state index < -0.39 is 5.41 Å². The van der Waals surface area contributed by atoms with Crippen LogP contribution in [0, 0.1) is 0 Å². The highest BCUT2D eigenvalue weighted by molar-refractivity contribution is 5.87. The molecule has 1 fully saturated rings. The zero-order valence-electron chi connectivity index (χ0n) is 11.8. The first-order valence-electron chi connectivity index (χ1n) is 6.92. The second-order valence-electron chi connectivity index (χ2n) is 5.74. The predicted octanol–water partition coefficient (Wildman–Crippen LogP) is 2.06. The Morgan fingerprint density at radius 3 is 2.32 bits per heavy atom. The van der Waals surface area contributed by atoms with Crippen LogP contribution >= 0.6 is 0 Å².